The van der Waals surface area contributed by atoms with E-state index in [0.717, 1.165) is 6.55 Å². The lowest BCUT2D eigenvalue weighted by Gasteiger charge is -2.30. The van der Waals surface area contributed by atoms with Gasteiger partial charge in [0.25, 0.3) is 6.69 Å². The molecule has 0 amide bonds. The predicted molar refractivity (Wildman–Crippen MR) is 52.3 cm³/mol. The first-order valence-electron chi connectivity index (χ1n) is 3.91. The summed E-state index contributed by atoms with van der Waals surface area (Å²) in [6.45, 7) is 0.684. The number of hydrogen-bond donors (Lipinski definition) is 0. The van der Waals surface area contributed by atoms with Crippen LogP contribution < -0.4 is 0 Å². The van der Waals surface area contributed by atoms with Crippen molar-refractivity contribution in [1.29, 1.82) is 0 Å². The molecule has 1 atom stereocenters. The lowest BCUT2D eigenvalue weighted by Crippen LogP contribution is -2.52. The monoisotopic (exact) mass is 321 g/mol. The summed E-state index contributed by atoms with van der Waals surface area (Å²) in [7, 11) is 0. The molecule has 0 heterocycles. The van der Waals surface area contributed by atoms with E-state index in [1.165, 1.54) is 0 Å². The lowest BCUT2D eigenvalue weighted by atomic mass is 10.7. The zero-order chi connectivity index (χ0) is 14.1. The van der Waals surface area contributed by atoms with Gasteiger partial charge >= 0.3 is 12.6 Å². The van der Waals surface area contributed by atoms with Crippen molar-refractivity contribution in [3.05, 3.63) is 12.7 Å². The van der Waals surface area contributed by atoms with E-state index in [-0.39, 0.29) is 0 Å². The molecule has 0 radical (unpaired) electrons. The smallest absolute Gasteiger partial charge is 0.277 e. The van der Waals surface area contributed by atoms with Gasteiger partial charge in [0.05, 0.1) is 0 Å². The van der Waals surface area contributed by atoms with Crippen molar-refractivity contribution in [2.75, 3.05) is 0 Å². The van der Waals surface area contributed by atoms with Crippen LogP contribution in [-0.2, 0) is 4.84 Å². The summed E-state index contributed by atoms with van der Waals surface area (Å²) in [5.74, 6) is 0. The Morgan fingerprint density at radius 3 is 1.71 bits per heavy atom. The Labute approximate surface area is 103 Å². The Hall–Kier alpha value is 0.0369. The third-order valence-electron chi connectivity index (χ3n) is 1.39. The Bertz CT molecular complexity index is 261. The topological polar surface area (TPSA) is 12.5 Å². The molecular weight excluding hydrogens is 315 g/mol. The van der Waals surface area contributed by atoms with Crippen LogP contribution in [0.5, 0.6) is 0 Å². The number of alkyl halides is 6. The lowest BCUT2D eigenvalue weighted by molar-refractivity contribution is -0.484. The van der Waals surface area contributed by atoms with Crippen molar-refractivity contribution in [3.63, 3.8) is 0 Å². The van der Waals surface area contributed by atoms with Crippen LogP contribution in [0.3, 0.4) is 0 Å². The van der Waals surface area contributed by atoms with E-state index in [1.807, 2.05) is 0 Å². The molecule has 0 spiro atoms. The summed E-state index contributed by atoms with van der Waals surface area (Å²) in [4.78, 5) is 3.76. The molecule has 0 aliphatic heterocycles. The van der Waals surface area contributed by atoms with Gasteiger partial charge in [0.1, 0.15) is 5.73 Å². The number of hydrogen-bond acceptors (Lipinski definition) is 2. The summed E-state index contributed by atoms with van der Waals surface area (Å²) < 4.78 is 72.5. The van der Waals surface area contributed by atoms with Gasteiger partial charge in [0.15, 0.2) is 0 Å². The van der Waals surface area contributed by atoms with Gasteiger partial charge in [-0.3, -0.25) is 4.84 Å². The van der Waals surface area contributed by atoms with Crippen LogP contribution in [0.2, 0.25) is 6.55 Å². The van der Waals surface area contributed by atoms with Crippen molar-refractivity contribution in [2.45, 2.75) is 24.9 Å². The first-order chi connectivity index (χ1) is 7.30. The van der Waals surface area contributed by atoms with E-state index in [4.69, 9.17) is 22.2 Å². The van der Waals surface area contributed by atoms with Gasteiger partial charge in [-0.05, 0) is 6.55 Å². The maximum absolute atomic E-state index is 12.1. The highest BCUT2D eigenvalue weighted by molar-refractivity contribution is 7.45. The molecule has 11 heteroatoms. The molecule has 0 saturated carbocycles. The van der Waals surface area contributed by atoms with E-state index in [9.17, 15) is 26.3 Å². The molecule has 0 fully saturated rings. The van der Waals surface area contributed by atoms with Crippen molar-refractivity contribution >= 4 is 28.9 Å². The Balaban J connectivity index is 5.07. The van der Waals surface area contributed by atoms with Crippen LogP contribution >= 0.6 is 22.2 Å². The summed E-state index contributed by atoms with van der Waals surface area (Å²) in [6.07, 6.45) is -10.8. The zero-order valence-corrected chi connectivity index (χ0v) is 10.8. The van der Waals surface area contributed by atoms with Crippen LogP contribution in [0.4, 0.5) is 26.3 Å². The second-order valence-corrected chi connectivity index (χ2v) is 10.7. The SMILES string of the molecule is C=CC(ON(C(F)(F)F)C(F)(F)F)[Si](C)(Cl)Cl. The van der Waals surface area contributed by atoms with Crippen molar-refractivity contribution in [1.82, 2.24) is 5.06 Å². The number of hydroxylamine groups is 2. The molecule has 0 bridgehead atoms. The molecular formula is C6H7Cl2F6NOSi. The largest absolute Gasteiger partial charge is 0.490 e. The molecule has 1 unspecified atom stereocenters. The van der Waals surface area contributed by atoms with Crippen LogP contribution in [0.25, 0.3) is 0 Å². The minimum atomic E-state index is -5.76. The molecule has 0 saturated heterocycles. The number of halogens is 8. The quantitative estimate of drug-likeness (QED) is 0.194. The minimum Gasteiger partial charge on any atom is -0.277 e. The third-order valence-corrected chi connectivity index (χ3v) is 4.02. The van der Waals surface area contributed by atoms with Crippen LogP contribution in [0, 0.1) is 0 Å². The Morgan fingerprint density at radius 2 is 1.53 bits per heavy atom. The highest BCUT2D eigenvalue weighted by Crippen LogP contribution is 2.36. The maximum atomic E-state index is 12.1. The molecule has 0 aromatic carbocycles. The standard InChI is InChI=1S/C6H7Cl2F6NOSi/c1-3-4(17(2,7)8)16-15(5(9,10)11)6(12,13)14/h3-4H,1H2,2H3. The average molecular weight is 322 g/mol. The van der Waals surface area contributed by atoms with Crippen LogP contribution in [0.15, 0.2) is 12.7 Å². The number of nitrogens with zero attached hydrogens (tertiary/aromatic N) is 1. The van der Waals surface area contributed by atoms with Gasteiger partial charge < -0.3 is 0 Å². The van der Waals surface area contributed by atoms with Gasteiger partial charge in [-0.2, -0.15) is 26.3 Å². The van der Waals surface area contributed by atoms with E-state index in [2.05, 4.69) is 11.4 Å². The van der Waals surface area contributed by atoms with Crippen LogP contribution in [-0.4, -0.2) is 30.1 Å². The molecule has 0 aromatic heterocycles. The average Bonchev–Trinajstić information content (AvgIpc) is 1.97. The summed E-state index contributed by atoms with van der Waals surface area (Å²) in [5.41, 5.74) is -1.76. The fourth-order valence-corrected chi connectivity index (χ4v) is 2.20. The molecule has 0 aliphatic carbocycles. The minimum absolute atomic E-state index is 0.691. The van der Waals surface area contributed by atoms with Crippen molar-refractivity contribution in [2.24, 2.45) is 0 Å². The molecule has 0 aliphatic rings. The fourth-order valence-electron chi connectivity index (χ4n) is 0.719. The second-order valence-electron chi connectivity index (χ2n) is 2.95. The second kappa shape index (κ2) is 5.35. The van der Waals surface area contributed by atoms with Gasteiger partial charge in [-0.25, -0.2) is 0 Å². The maximum Gasteiger partial charge on any atom is 0.490 e. The zero-order valence-electron chi connectivity index (χ0n) is 8.24. The highest BCUT2D eigenvalue weighted by atomic mass is 35.7. The molecule has 0 aromatic rings. The van der Waals surface area contributed by atoms with Gasteiger partial charge in [-0.1, -0.05) is 6.08 Å². The van der Waals surface area contributed by atoms with E-state index < -0.39 is 30.1 Å². The van der Waals surface area contributed by atoms with E-state index >= 15 is 0 Å². The predicted octanol–water partition coefficient (Wildman–Crippen LogP) is 3.90. The Kier molecular flexibility index (Phi) is 5.36. The molecule has 17 heavy (non-hydrogen) atoms. The van der Waals surface area contributed by atoms with Gasteiger partial charge in [0.2, 0.25) is 0 Å². The first kappa shape index (κ1) is 17.0. The highest BCUT2D eigenvalue weighted by Gasteiger charge is 2.57. The van der Waals surface area contributed by atoms with E-state index in [0.29, 0.717) is 6.08 Å². The van der Waals surface area contributed by atoms with Gasteiger partial charge in [-0.15, -0.1) is 28.7 Å². The van der Waals surface area contributed by atoms with Crippen LogP contribution in [0.1, 0.15) is 0 Å². The molecule has 2 nitrogen and oxygen atoms in total. The first-order valence-corrected chi connectivity index (χ1v) is 8.51. The van der Waals surface area contributed by atoms with Gasteiger partial charge in [0, 0.05) is 5.06 Å². The van der Waals surface area contributed by atoms with Crippen molar-refractivity contribution < 1.29 is 31.2 Å². The molecule has 0 N–H and O–H groups in total. The van der Waals surface area contributed by atoms with E-state index in [1.54, 1.807) is 0 Å². The third kappa shape index (κ3) is 5.47. The summed E-state index contributed by atoms with van der Waals surface area (Å²) in [6, 6.07) is 0. The summed E-state index contributed by atoms with van der Waals surface area (Å²) in [5, 5.41) is -2.05. The molecule has 0 rings (SSSR count). The fraction of sp³-hybridized carbons (Fsp3) is 0.667. The Morgan fingerprint density at radius 1 is 1.18 bits per heavy atom. The summed E-state index contributed by atoms with van der Waals surface area (Å²) >= 11 is 11.0. The number of rotatable bonds is 4. The normalized spacial score (nSPS) is 16.1. The van der Waals surface area contributed by atoms with Crippen molar-refractivity contribution in [3.8, 4) is 0 Å². The molecule has 102 valence electrons.